The van der Waals surface area contributed by atoms with E-state index in [1.165, 1.54) is 7.11 Å². The first kappa shape index (κ1) is 12.0. The minimum atomic E-state index is -0.761. The first-order valence-corrected chi connectivity index (χ1v) is 5.36. The number of nitrogens with zero attached hydrogens (tertiary/aromatic N) is 1. The first-order valence-electron chi connectivity index (χ1n) is 5.36. The second-order valence-electron chi connectivity index (χ2n) is 4.51. The summed E-state index contributed by atoms with van der Waals surface area (Å²) in [6.45, 7) is 6.84. The number of carbonyl (C=O) groups is 2. The maximum atomic E-state index is 11.7. The topological polar surface area (TPSA) is 46.6 Å². The number of likely N-dealkylation sites (tertiary alicyclic amines) is 1. The largest absolute Gasteiger partial charge is 0.462 e. The number of piperidine rings is 1. The maximum Gasteiger partial charge on any atom is 0.396 e. The molecule has 0 aromatic heterocycles. The predicted octanol–water partition coefficient (Wildman–Crippen LogP) is 1.05. The van der Waals surface area contributed by atoms with Gasteiger partial charge in [0.15, 0.2) is 0 Å². The average molecular weight is 213 g/mol. The fraction of sp³-hybridized carbons (Fsp3) is 0.818. The summed E-state index contributed by atoms with van der Waals surface area (Å²) in [6, 6.07) is 0.118. The second kappa shape index (κ2) is 4.64. The molecular formula is C11H19NO3. The molecule has 0 aromatic carbocycles. The van der Waals surface area contributed by atoms with Crippen molar-refractivity contribution < 1.29 is 14.3 Å². The molecule has 1 aliphatic rings. The molecule has 1 heterocycles. The lowest BCUT2D eigenvalue weighted by atomic mass is 9.86. The van der Waals surface area contributed by atoms with Gasteiger partial charge in [-0.25, -0.2) is 4.79 Å². The molecule has 3 unspecified atom stereocenters. The summed E-state index contributed by atoms with van der Waals surface area (Å²) in [6.07, 6.45) is 1.10. The summed E-state index contributed by atoms with van der Waals surface area (Å²) in [7, 11) is 1.24. The standard InChI is InChI=1S/C11H19NO3/c1-7-5-8(2)9(3)12(6-7)10(13)11(14)15-4/h7-9H,5-6H2,1-4H3. The van der Waals surface area contributed by atoms with E-state index < -0.39 is 11.9 Å². The van der Waals surface area contributed by atoms with E-state index in [-0.39, 0.29) is 6.04 Å². The molecule has 3 atom stereocenters. The van der Waals surface area contributed by atoms with Crippen LogP contribution < -0.4 is 0 Å². The number of carbonyl (C=O) groups excluding carboxylic acids is 2. The van der Waals surface area contributed by atoms with Crippen LogP contribution in [0, 0.1) is 11.8 Å². The molecule has 1 aliphatic heterocycles. The number of ether oxygens (including phenoxy) is 1. The summed E-state index contributed by atoms with van der Waals surface area (Å²) >= 11 is 0. The van der Waals surface area contributed by atoms with E-state index in [1.807, 2.05) is 6.92 Å². The van der Waals surface area contributed by atoms with Crippen LogP contribution >= 0.6 is 0 Å². The van der Waals surface area contributed by atoms with E-state index in [1.54, 1.807) is 4.90 Å². The van der Waals surface area contributed by atoms with Crippen molar-refractivity contribution in [1.82, 2.24) is 4.90 Å². The Labute approximate surface area is 90.6 Å². The summed E-state index contributed by atoms with van der Waals surface area (Å²) in [5.74, 6) is -0.390. The van der Waals surface area contributed by atoms with E-state index in [0.29, 0.717) is 18.4 Å². The Bertz CT molecular complexity index is 265. The molecular weight excluding hydrogens is 194 g/mol. The molecule has 0 saturated carbocycles. The molecule has 1 saturated heterocycles. The minimum absolute atomic E-state index is 0.118. The highest BCUT2D eigenvalue weighted by Crippen LogP contribution is 2.26. The number of hydrogen-bond acceptors (Lipinski definition) is 3. The lowest BCUT2D eigenvalue weighted by Gasteiger charge is -2.40. The predicted molar refractivity (Wildman–Crippen MR) is 56.1 cm³/mol. The van der Waals surface area contributed by atoms with Gasteiger partial charge in [-0.05, 0) is 25.2 Å². The van der Waals surface area contributed by atoms with E-state index in [0.717, 1.165) is 6.42 Å². The van der Waals surface area contributed by atoms with E-state index in [2.05, 4.69) is 18.6 Å². The monoisotopic (exact) mass is 213 g/mol. The maximum absolute atomic E-state index is 11.7. The molecule has 0 radical (unpaired) electrons. The Hall–Kier alpha value is -1.06. The van der Waals surface area contributed by atoms with E-state index in [9.17, 15) is 9.59 Å². The molecule has 15 heavy (non-hydrogen) atoms. The second-order valence-corrected chi connectivity index (χ2v) is 4.51. The molecule has 0 aliphatic carbocycles. The highest BCUT2D eigenvalue weighted by Gasteiger charge is 2.34. The third-order valence-electron chi connectivity index (χ3n) is 3.22. The van der Waals surface area contributed by atoms with Gasteiger partial charge < -0.3 is 9.64 Å². The number of rotatable bonds is 0. The van der Waals surface area contributed by atoms with Crippen molar-refractivity contribution >= 4 is 11.9 Å². The molecule has 1 fully saturated rings. The van der Waals surface area contributed by atoms with Crippen molar-refractivity contribution in [2.24, 2.45) is 11.8 Å². The molecule has 86 valence electrons. The molecule has 0 spiro atoms. The zero-order chi connectivity index (χ0) is 11.6. The van der Waals surface area contributed by atoms with Crippen LogP contribution in [0.1, 0.15) is 27.2 Å². The smallest absolute Gasteiger partial charge is 0.396 e. The fourth-order valence-corrected chi connectivity index (χ4v) is 2.19. The number of methoxy groups -OCH3 is 1. The van der Waals surface area contributed by atoms with Crippen LogP contribution in [0.5, 0.6) is 0 Å². The zero-order valence-corrected chi connectivity index (χ0v) is 9.82. The lowest BCUT2D eigenvalue weighted by molar-refractivity contribution is -0.161. The van der Waals surface area contributed by atoms with Gasteiger partial charge in [0, 0.05) is 12.6 Å². The van der Waals surface area contributed by atoms with Crippen LogP contribution in [0.4, 0.5) is 0 Å². The Morgan fingerprint density at radius 3 is 2.40 bits per heavy atom. The van der Waals surface area contributed by atoms with Gasteiger partial charge in [0.05, 0.1) is 7.11 Å². The lowest BCUT2D eigenvalue weighted by Crippen LogP contribution is -2.51. The van der Waals surface area contributed by atoms with Gasteiger partial charge in [0.25, 0.3) is 0 Å². The minimum Gasteiger partial charge on any atom is -0.462 e. The summed E-state index contributed by atoms with van der Waals surface area (Å²) in [5.41, 5.74) is 0. The third kappa shape index (κ3) is 2.49. The number of amides is 1. The highest BCUT2D eigenvalue weighted by molar-refractivity contribution is 6.32. The molecule has 1 rings (SSSR count). The molecule has 0 N–H and O–H groups in total. The van der Waals surface area contributed by atoms with Crippen LogP contribution in [0.25, 0.3) is 0 Å². The van der Waals surface area contributed by atoms with Gasteiger partial charge in [-0.3, -0.25) is 4.79 Å². The molecule has 0 bridgehead atoms. The average Bonchev–Trinajstić information content (AvgIpc) is 2.21. The molecule has 4 heteroatoms. The van der Waals surface area contributed by atoms with Gasteiger partial charge >= 0.3 is 11.9 Å². The first-order chi connectivity index (χ1) is 6.97. The van der Waals surface area contributed by atoms with Crippen molar-refractivity contribution in [2.45, 2.75) is 33.2 Å². The highest BCUT2D eigenvalue weighted by atomic mass is 16.5. The van der Waals surface area contributed by atoms with Crippen LogP contribution in [-0.4, -0.2) is 36.5 Å². The Morgan fingerprint density at radius 2 is 1.87 bits per heavy atom. The van der Waals surface area contributed by atoms with Crippen molar-refractivity contribution in [3.8, 4) is 0 Å². The zero-order valence-electron chi connectivity index (χ0n) is 9.82. The summed E-state index contributed by atoms with van der Waals surface area (Å²) < 4.78 is 4.45. The quantitative estimate of drug-likeness (QED) is 0.446. The molecule has 0 aromatic rings. The molecule has 1 amide bonds. The van der Waals surface area contributed by atoms with Crippen molar-refractivity contribution in [3.05, 3.63) is 0 Å². The Morgan fingerprint density at radius 1 is 1.27 bits per heavy atom. The van der Waals surface area contributed by atoms with E-state index >= 15 is 0 Å². The van der Waals surface area contributed by atoms with Gasteiger partial charge in [-0.15, -0.1) is 0 Å². The van der Waals surface area contributed by atoms with Gasteiger partial charge in [0.2, 0.25) is 0 Å². The van der Waals surface area contributed by atoms with Crippen LogP contribution in [-0.2, 0) is 14.3 Å². The third-order valence-corrected chi connectivity index (χ3v) is 3.22. The summed E-state index contributed by atoms with van der Waals surface area (Å²) in [4.78, 5) is 24.5. The fourth-order valence-electron chi connectivity index (χ4n) is 2.19. The van der Waals surface area contributed by atoms with Crippen molar-refractivity contribution in [1.29, 1.82) is 0 Å². The van der Waals surface area contributed by atoms with Crippen LogP contribution in [0.15, 0.2) is 0 Å². The van der Waals surface area contributed by atoms with Crippen molar-refractivity contribution in [3.63, 3.8) is 0 Å². The van der Waals surface area contributed by atoms with Crippen LogP contribution in [0.3, 0.4) is 0 Å². The van der Waals surface area contributed by atoms with Gasteiger partial charge in [-0.2, -0.15) is 0 Å². The normalized spacial score (nSPS) is 31.2. The Balaban J connectivity index is 2.74. The van der Waals surface area contributed by atoms with Gasteiger partial charge in [0.1, 0.15) is 0 Å². The number of esters is 1. The van der Waals surface area contributed by atoms with Crippen LogP contribution in [0.2, 0.25) is 0 Å². The molecule has 4 nitrogen and oxygen atoms in total. The SMILES string of the molecule is COC(=O)C(=O)N1CC(C)CC(C)C1C. The number of hydrogen-bond donors (Lipinski definition) is 0. The summed E-state index contributed by atoms with van der Waals surface area (Å²) in [5, 5.41) is 0. The Kier molecular flexibility index (Phi) is 3.72. The van der Waals surface area contributed by atoms with E-state index in [4.69, 9.17) is 0 Å². The van der Waals surface area contributed by atoms with Gasteiger partial charge in [-0.1, -0.05) is 13.8 Å². The van der Waals surface area contributed by atoms with Crippen molar-refractivity contribution in [2.75, 3.05) is 13.7 Å².